The molecule has 3 rings (SSSR count). The van der Waals surface area contributed by atoms with Crippen LogP contribution in [0.3, 0.4) is 0 Å². The Labute approximate surface area is 206 Å². The zero-order valence-electron chi connectivity index (χ0n) is 16.4. The number of carbonyl (C=O) groups excluding carboxylic acids is 2. The van der Waals surface area contributed by atoms with E-state index >= 15 is 0 Å². The normalized spacial score (nSPS) is 10.9. The summed E-state index contributed by atoms with van der Waals surface area (Å²) in [6.07, 6.45) is 1.50. The fourth-order valence-corrected chi connectivity index (χ4v) is 4.89. The van der Waals surface area contributed by atoms with Crippen LogP contribution in [0.4, 0.5) is 0 Å². The summed E-state index contributed by atoms with van der Waals surface area (Å²) >= 11 is 4.21. The molecule has 0 aliphatic carbocycles. The molecule has 0 aliphatic rings. The lowest BCUT2D eigenvalue weighted by molar-refractivity contribution is -0.145. The molecule has 0 heterocycles. The summed E-state index contributed by atoms with van der Waals surface area (Å²) in [5.41, 5.74) is 3.31. The Hall–Kier alpha value is -2.41. The Morgan fingerprint density at radius 3 is 2.39 bits per heavy atom. The number of ether oxygens (including phenoxy) is 2. The van der Waals surface area contributed by atoms with E-state index in [2.05, 4.69) is 55.7 Å². The molecule has 0 aliphatic heterocycles. The van der Waals surface area contributed by atoms with Crippen molar-refractivity contribution in [2.24, 2.45) is 5.10 Å². The maximum absolute atomic E-state index is 12.4. The monoisotopic (exact) mass is 644 g/mol. The molecular weight excluding hydrogens is 626 g/mol. The van der Waals surface area contributed by atoms with E-state index in [0.29, 0.717) is 12.4 Å². The van der Waals surface area contributed by atoms with Gasteiger partial charge in [-0.05, 0) is 92.7 Å². The van der Waals surface area contributed by atoms with Crippen LogP contribution in [-0.2, 0) is 9.53 Å². The number of fused-ring (bicyclic) bond motifs is 1. The summed E-state index contributed by atoms with van der Waals surface area (Å²) < 4.78 is 12.0. The summed E-state index contributed by atoms with van der Waals surface area (Å²) in [4.78, 5) is 23.9. The van der Waals surface area contributed by atoms with Crippen LogP contribution in [0.2, 0.25) is 0 Å². The average Bonchev–Trinajstić information content (AvgIpc) is 2.72. The number of carbonyl (C=O) groups is 2. The summed E-state index contributed by atoms with van der Waals surface area (Å²) in [7, 11) is 0. The van der Waals surface area contributed by atoms with Crippen molar-refractivity contribution in [3.05, 3.63) is 66.8 Å². The topological polar surface area (TPSA) is 97.2 Å². The number of phenolic OH excluding ortho intramolecular Hbond substituents is 1. The molecule has 3 aromatic rings. The van der Waals surface area contributed by atoms with Crippen molar-refractivity contribution >= 4 is 74.0 Å². The van der Waals surface area contributed by atoms with Crippen molar-refractivity contribution < 1.29 is 24.2 Å². The molecule has 7 nitrogen and oxygen atoms in total. The lowest BCUT2D eigenvalue weighted by Crippen LogP contribution is -2.18. The number of nitrogens with zero attached hydrogens (tertiary/aromatic N) is 1. The number of phenols is 1. The number of hydrazone groups is 1. The van der Waals surface area contributed by atoms with Gasteiger partial charge in [0.25, 0.3) is 5.91 Å². The minimum Gasteiger partial charge on any atom is -0.507 e. The van der Waals surface area contributed by atoms with E-state index in [9.17, 15) is 14.7 Å². The number of hydrogen-bond donors (Lipinski definition) is 2. The van der Waals surface area contributed by atoms with E-state index in [1.807, 2.05) is 36.4 Å². The molecule has 0 fully saturated rings. The first-order valence-corrected chi connectivity index (χ1v) is 11.4. The first-order valence-electron chi connectivity index (χ1n) is 9.21. The molecule has 0 bridgehead atoms. The molecule has 0 saturated heterocycles. The Balaban J connectivity index is 1.69. The fourth-order valence-electron chi connectivity index (χ4n) is 2.76. The zero-order chi connectivity index (χ0) is 22.4. The van der Waals surface area contributed by atoms with Gasteiger partial charge in [0.2, 0.25) is 0 Å². The number of aromatic hydroxyl groups is 1. The zero-order valence-corrected chi connectivity index (χ0v) is 20.7. The molecule has 0 radical (unpaired) electrons. The number of rotatable bonds is 7. The highest BCUT2D eigenvalue weighted by molar-refractivity contribution is 14.1. The Kier molecular flexibility index (Phi) is 8.07. The fraction of sp³-hybridized carbons (Fsp3) is 0.136. The van der Waals surface area contributed by atoms with Gasteiger partial charge in [-0.25, -0.2) is 10.2 Å². The minimum atomic E-state index is -0.515. The second-order valence-electron chi connectivity index (χ2n) is 6.32. The third-order valence-electron chi connectivity index (χ3n) is 4.15. The number of amides is 1. The lowest BCUT2D eigenvalue weighted by atomic mass is 10.1. The third-order valence-corrected chi connectivity index (χ3v) is 5.75. The van der Waals surface area contributed by atoms with E-state index in [1.54, 1.807) is 19.1 Å². The van der Waals surface area contributed by atoms with Crippen molar-refractivity contribution in [1.29, 1.82) is 0 Å². The van der Waals surface area contributed by atoms with Crippen LogP contribution < -0.4 is 10.2 Å². The van der Waals surface area contributed by atoms with Crippen molar-refractivity contribution in [3.63, 3.8) is 0 Å². The Bertz CT molecular complexity index is 1140. The van der Waals surface area contributed by atoms with Crippen LogP contribution in [0.5, 0.6) is 11.5 Å². The van der Waals surface area contributed by atoms with Crippen LogP contribution in [0.25, 0.3) is 10.8 Å². The summed E-state index contributed by atoms with van der Waals surface area (Å²) in [5, 5.41) is 15.8. The van der Waals surface area contributed by atoms with Crippen LogP contribution in [0.15, 0.2) is 53.6 Å². The predicted molar refractivity (Wildman–Crippen MR) is 135 cm³/mol. The maximum atomic E-state index is 12.4. The number of esters is 1. The highest BCUT2D eigenvalue weighted by Gasteiger charge is 2.13. The number of hydrogen-bond acceptors (Lipinski definition) is 6. The van der Waals surface area contributed by atoms with Crippen LogP contribution >= 0.6 is 45.2 Å². The molecular formula is C22H18I2N2O5. The summed E-state index contributed by atoms with van der Waals surface area (Å²) in [6, 6.07) is 14.2. The van der Waals surface area contributed by atoms with Gasteiger partial charge in [-0.15, -0.1) is 0 Å². The molecule has 0 saturated carbocycles. The number of nitrogens with one attached hydrogen (secondary N) is 1. The smallest absolute Gasteiger partial charge is 0.344 e. The maximum Gasteiger partial charge on any atom is 0.344 e. The summed E-state index contributed by atoms with van der Waals surface area (Å²) in [6.45, 7) is 1.87. The van der Waals surface area contributed by atoms with Crippen LogP contribution in [-0.4, -0.2) is 36.4 Å². The van der Waals surface area contributed by atoms with Gasteiger partial charge in [-0.2, -0.15) is 5.10 Å². The van der Waals surface area contributed by atoms with Gasteiger partial charge in [-0.3, -0.25) is 4.79 Å². The first kappa shape index (κ1) is 23.3. The third kappa shape index (κ3) is 6.06. The Morgan fingerprint density at radius 1 is 1.10 bits per heavy atom. The van der Waals surface area contributed by atoms with E-state index in [4.69, 9.17) is 9.47 Å². The molecule has 0 aromatic heterocycles. The molecule has 0 unspecified atom stereocenters. The van der Waals surface area contributed by atoms with Gasteiger partial charge >= 0.3 is 5.97 Å². The molecule has 31 heavy (non-hydrogen) atoms. The molecule has 0 atom stereocenters. The minimum absolute atomic E-state index is 0.112. The Morgan fingerprint density at radius 2 is 1.74 bits per heavy atom. The second-order valence-corrected chi connectivity index (χ2v) is 8.65. The molecule has 3 aromatic carbocycles. The van der Waals surface area contributed by atoms with E-state index in [1.165, 1.54) is 6.21 Å². The molecule has 1 amide bonds. The second kappa shape index (κ2) is 10.8. The predicted octanol–water partition coefficient (Wildman–Crippen LogP) is 4.46. The van der Waals surface area contributed by atoms with Gasteiger partial charge in [0.15, 0.2) is 6.61 Å². The van der Waals surface area contributed by atoms with Crippen molar-refractivity contribution in [3.8, 4) is 11.5 Å². The van der Waals surface area contributed by atoms with Crippen molar-refractivity contribution in [1.82, 2.24) is 5.43 Å². The van der Waals surface area contributed by atoms with Gasteiger partial charge in [0.05, 0.1) is 25.5 Å². The van der Waals surface area contributed by atoms with Gasteiger partial charge in [0.1, 0.15) is 11.5 Å². The SMILES string of the molecule is CCOC(=O)COc1c(I)cc(C=NNC(=O)c2cc3ccccc3cc2O)cc1I. The molecule has 0 spiro atoms. The highest BCUT2D eigenvalue weighted by Crippen LogP contribution is 2.29. The molecule has 2 N–H and O–H groups in total. The molecule has 9 heteroatoms. The lowest BCUT2D eigenvalue weighted by Gasteiger charge is -2.10. The standard InChI is InChI=1S/C22H18I2N2O5/c1-2-30-20(28)12-31-21-17(23)7-13(8-18(21)24)11-25-26-22(29)16-9-14-5-3-4-6-15(14)10-19(16)27/h3-11,27H,2,12H2,1H3,(H,26,29). The number of benzene rings is 3. The van der Waals surface area contributed by atoms with Gasteiger partial charge in [0, 0.05) is 0 Å². The first-order chi connectivity index (χ1) is 14.9. The van der Waals surface area contributed by atoms with E-state index < -0.39 is 11.9 Å². The summed E-state index contributed by atoms with van der Waals surface area (Å²) in [5.74, 6) is -0.479. The van der Waals surface area contributed by atoms with Crippen LogP contribution in [0, 0.1) is 7.14 Å². The quantitative estimate of drug-likeness (QED) is 0.172. The van der Waals surface area contributed by atoms with Gasteiger partial charge in [-0.1, -0.05) is 24.3 Å². The molecule has 160 valence electrons. The van der Waals surface area contributed by atoms with E-state index in [0.717, 1.165) is 23.5 Å². The average molecular weight is 644 g/mol. The van der Waals surface area contributed by atoms with Crippen LogP contribution in [0.1, 0.15) is 22.8 Å². The largest absolute Gasteiger partial charge is 0.507 e. The van der Waals surface area contributed by atoms with Gasteiger partial charge < -0.3 is 14.6 Å². The van der Waals surface area contributed by atoms with Crippen molar-refractivity contribution in [2.75, 3.05) is 13.2 Å². The number of halogens is 2. The highest BCUT2D eigenvalue weighted by atomic mass is 127. The van der Waals surface area contributed by atoms with E-state index in [-0.39, 0.29) is 17.9 Å². The van der Waals surface area contributed by atoms with Crippen molar-refractivity contribution in [2.45, 2.75) is 6.92 Å².